The first kappa shape index (κ1) is 20.2. The third kappa shape index (κ3) is 3.14. The molecule has 0 aliphatic heterocycles. The smallest absolute Gasteiger partial charge is 0.130 e. The maximum atomic E-state index is 10.9. The minimum atomic E-state index is -1.43. The van der Waals surface area contributed by atoms with Crippen LogP contribution in [-0.4, -0.2) is 48.9 Å². The number of rotatable bonds is 4. The Morgan fingerprint density at radius 1 is 0.500 bits per heavy atom. The molecule has 0 fully saturated rings. The number of benzene rings is 2. The van der Waals surface area contributed by atoms with E-state index in [0.29, 0.717) is 11.5 Å². The largest absolute Gasteiger partial charge is 0.497 e. The lowest BCUT2D eigenvalue weighted by atomic mass is 9.87. The summed E-state index contributed by atoms with van der Waals surface area (Å²) >= 11 is 0. The van der Waals surface area contributed by atoms with Crippen LogP contribution in [0, 0.1) is 0 Å². The first-order chi connectivity index (χ1) is 13.4. The van der Waals surface area contributed by atoms with E-state index in [1.165, 1.54) is 52.7 Å². The number of aliphatic hydroxyl groups is 4. The zero-order valence-corrected chi connectivity index (χ0v) is 16.0. The van der Waals surface area contributed by atoms with E-state index in [1.54, 1.807) is 0 Å². The Hall–Kier alpha value is -2.52. The Labute approximate surface area is 162 Å². The summed E-state index contributed by atoms with van der Waals surface area (Å²) in [6.07, 6.45) is -5.72. The van der Waals surface area contributed by atoms with E-state index in [1.807, 2.05) is 0 Å². The summed E-state index contributed by atoms with van der Waals surface area (Å²) in [6.45, 7) is 0. The van der Waals surface area contributed by atoms with Crippen molar-refractivity contribution in [3.8, 4) is 23.0 Å². The molecule has 8 nitrogen and oxygen atoms in total. The highest BCUT2D eigenvalue weighted by Crippen LogP contribution is 2.49. The monoisotopic (exact) mass is 392 g/mol. The lowest BCUT2D eigenvalue weighted by Crippen LogP contribution is -2.20. The van der Waals surface area contributed by atoms with Gasteiger partial charge in [0, 0.05) is 22.3 Å². The van der Waals surface area contributed by atoms with Crippen LogP contribution >= 0.6 is 0 Å². The molecule has 0 spiro atoms. The average molecular weight is 392 g/mol. The predicted molar refractivity (Wildman–Crippen MR) is 98.9 cm³/mol. The highest BCUT2D eigenvalue weighted by atomic mass is 16.5. The average Bonchev–Trinajstić information content (AvgIpc) is 2.74. The molecule has 0 radical (unpaired) electrons. The van der Waals surface area contributed by atoms with Crippen LogP contribution in [0.4, 0.5) is 0 Å². The second kappa shape index (κ2) is 7.84. The van der Waals surface area contributed by atoms with E-state index in [9.17, 15) is 20.4 Å². The quantitative estimate of drug-likeness (QED) is 0.619. The van der Waals surface area contributed by atoms with Gasteiger partial charge in [0.25, 0.3) is 0 Å². The molecule has 8 heteroatoms. The fourth-order valence-corrected chi connectivity index (χ4v) is 3.56. The lowest BCUT2D eigenvalue weighted by Gasteiger charge is -2.30. The zero-order chi connectivity index (χ0) is 20.6. The predicted octanol–water partition coefficient (Wildman–Crippen LogP) is 1.57. The summed E-state index contributed by atoms with van der Waals surface area (Å²) in [7, 11) is 5.62. The summed E-state index contributed by atoms with van der Waals surface area (Å²) in [5.74, 6) is 0.958. The van der Waals surface area contributed by atoms with Gasteiger partial charge in [-0.2, -0.15) is 0 Å². The number of ether oxygens (including phenoxy) is 4. The van der Waals surface area contributed by atoms with Crippen molar-refractivity contribution in [2.24, 2.45) is 0 Å². The standard InChI is InChI=1S/C20H24O8/c1-25-9-5-11-15(21)17(23)13-7-10(26-2)8-14(20(13)28-4)18(24)16(22)12(6-9)19(11)27-3/h5-8,15-18,21-24H,1-4H3. The third-order valence-corrected chi connectivity index (χ3v) is 4.99. The van der Waals surface area contributed by atoms with Gasteiger partial charge in [-0.25, -0.2) is 0 Å². The van der Waals surface area contributed by atoms with Crippen LogP contribution in [-0.2, 0) is 0 Å². The van der Waals surface area contributed by atoms with E-state index in [2.05, 4.69) is 0 Å². The van der Waals surface area contributed by atoms with Gasteiger partial charge in [0.15, 0.2) is 0 Å². The van der Waals surface area contributed by atoms with Crippen LogP contribution in [0.25, 0.3) is 0 Å². The van der Waals surface area contributed by atoms with Crippen LogP contribution in [0.5, 0.6) is 23.0 Å². The van der Waals surface area contributed by atoms with Gasteiger partial charge in [0.1, 0.15) is 47.4 Å². The minimum Gasteiger partial charge on any atom is -0.497 e. The highest BCUT2D eigenvalue weighted by molar-refractivity contribution is 5.55. The van der Waals surface area contributed by atoms with E-state index in [0.717, 1.165) is 0 Å². The molecule has 2 aromatic rings. The second-order valence-corrected chi connectivity index (χ2v) is 6.46. The molecule has 152 valence electrons. The Balaban J connectivity index is 2.37. The van der Waals surface area contributed by atoms with Crippen LogP contribution in [0.15, 0.2) is 24.3 Å². The molecule has 3 rings (SSSR count). The van der Waals surface area contributed by atoms with Crippen molar-refractivity contribution in [2.45, 2.75) is 24.4 Å². The van der Waals surface area contributed by atoms with Gasteiger partial charge in [-0.1, -0.05) is 0 Å². The lowest BCUT2D eigenvalue weighted by molar-refractivity contribution is 0.00320. The fraction of sp³-hybridized carbons (Fsp3) is 0.400. The Kier molecular flexibility index (Phi) is 5.66. The van der Waals surface area contributed by atoms with Crippen molar-refractivity contribution >= 4 is 0 Å². The van der Waals surface area contributed by atoms with Crippen LogP contribution in [0.2, 0.25) is 0 Å². The van der Waals surface area contributed by atoms with E-state index in [-0.39, 0.29) is 33.8 Å². The van der Waals surface area contributed by atoms with Crippen molar-refractivity contribution in [3.05, 3.63) is 46.5 Å². The molecule has 0 heterocycles. The van der Waals surface area contributed by atoms with Crippen LogP contribution < -0.4 is 18.9 Å². The van der Waals surface area contributed by atoms with Crippen molar-refractivity contribution in [1.29, 1.82) is 0 Å². The van der Waals surface area contributed by atoms with E-state index >= 15 is 0 Å². The first-order valence-corrected chi connectivity index (χ1v) is 8.61. The first-order valence-electron chi connectivity index (χ1n) is 8.61. The summed E-state index contributed by atoms with van der Waals surface area (Å²) in [4.78, 5) is 0. The SMILES string of the molecule is COc1cc2c(OC)c(c1)C(O)C(O)c1cc(OC)cc(c1OC)C(O)C2O. The minimum absolute atomic E-state index is 0.148. The van der Waals surface area contributed by atoms with Crippen molar-refractivity contribution < 1.29 is 39.4 Å². The molecule has 28 heavy (non-hydrogen) atoms. The van der Waals surface area contributed by atoms with Crippen molar-refractivity contribution in [1.82, 2.24) is 0 Å². The summed E-state index contributed by atoms with van der Waals surface area (Å²) in [5, 5.41) is 43.7. The molecule has 1 aliphatic carbocycles. The molecule has 0 amide bonds. The van der Waals surface area contributed by atoms with Gasteiger partial charge < -0.3 is 39.4 Å². The Morgan fingerprint density at radius 3 is 0.929 bits per heavy atom. The van der Waals surface area contributed by atoms with Gasteiger partial charge in [-0.3, -0.25) is 0 Å². The van der Waals surface area contributed by atoms with Gasteiger partial charge in [0.2, 0.25) is 0 Å². The van der Waals surface area contributed by atoms with Crippen molar-refractivity contribution in [3.63, 3.8) is 0 Å². The second-order valence-electron chi connectivity index (χ2n) is 6.46. The topological polar surface area (TPSA) is 118 Å². The molecule has 2 aromatic carbocycles. The molecule has 4 atom stereocenters. The van der Waals surface area contributed by atoms with Gasteiger partial charge in [-0.05, 0) is 24.3 Å². The summed E-state index contributed by atoms with van der Waals surface area (Å²) in [6, 6.07) is 6.02. The van der Waals surface area contributed by atoms with Crippen LogP contribution in [0.1, 0.15) is 46.7 Å². The molecule has 0 saturated carbocycles. The van der Waals surface area contributed by atoms with E-state index in [4.69, 9.17) is 18.9 Å². The molecule has 4 N–H and O–H groups in total. The molecule has 4 unspecified atom stereocenters. The zero-order valence-electron chi connectivity index (χ0n) is 16.0. The number of fused-ring (bicyclic) bond motifs is 4. The number of hydrogen-bond donors (Lipinski definition) is 4. The number of methoxy groups -OCH3 is 4. The normalized spacial score (nSPS) is 23.7. The molecule has 0 saturated heterocycles. The molecule has 4 bridgehead atoms. The molecule has 0 aromatic heterocycles. The Bertz CT molecular complexity index is 736. The molecular formula is C20H24O8. The van der Waals surface area contributed by atoms with Gasteiger partial charge in [0.05, 0.1) is 28.4 Å². The number of aliphatic hydroxyl groups excluding tert-OH is 4. The molecule has 1 aliphatic rings. The van der Waals surface area contributed by atoms with E-state index < -0.39 is 24.4 Å². The summed E-state index contributed by atoms with van der Waals surface area (Å²) in [5.41, 5.74) is 0.792. The third-order valence-electron chi connectivity index (χ3n) is 4.99. The highest BCUT2D eigenvalue weighted by Gasteiger charge is 2.36. The molecular weight excluding hydrogens is 368 g/mol. The maximum Gasteiger partial charge on any atom is 0.130 e. The maximum absolute atomic E-state index is 10.9. The van der Waals surface area contributed by atoms with Crippen molar-refractivity contribution in [2.75, 3.05) is 28.4 Å². The van der Waals surface area contributed by atoms with Gasteiger partial charge in [-0.15, -0.1) is 0 Å². The summed E-state index contributed by atoms with van der Waals surface area (Å²) < 4.78 is 21.3. The van der Waals surface area contributed by atoms with Crippen LogP contribution in [0.3, 0.4) is 0 Å². The fourth-order valence-electron chi connectivity index (χ4n) is 3.56. The number of hydrogen-bond acceptors (Lipinski definition) is 8. The Morgan fingerprint density at radius 2 is 0.750 bits per heavy atom. The van der Waals surface area contributed by atoms with Gasteiger partial charge >= 0.3 is 0 Å².